The maximum Gasteiger partial charge on any atom is 0.407 e. The molecule has 0 aliphatic rings. The van der Waals surface area contributed by atoms with Gasteiger partial charge in [-0.2, -0.15) is 26.3 Å². The third-order valence-corrected chi connectivity index (χ3v) is 3.01. The molecular weight excluding hydrogens is 405 g/mol. The molecule has 9 heteroatoms. The second-order valence-electron chi connectivity index (χ2n) is 3.73. The van der Waals surface area contributed by atoms with Crippen molar-refractivity contribution in [1.29, 1.82) is 0 Å². The molecule has 0 atom stereocenters. The lowest BCUT2D eigenvalue weighted by Crippen LogP contribution is -2.42. The average Bonchev–Trinajstić information content (AvgIpc) is 2.24. The number of hydrogen-bond donors (Lipinski definition) is 0. The number of ketones is 1. The van der Waals surface area contributed by atoms with Gasteiger partial charge in [0.15, 0.2) is 5.78 Å². The smallest absolute Gasteiger partial charge is 0.407 e. The fourth-order valence-electron chi connectivity index (χ4n) is 1.51. The molecule has 0 unspecified atom stereocenters. The van der Waals surface area contributed by atoms with Crippen LogP contribution in [0.5, 0.6) is 5.75 Å². The summed E-state index contributed by atoms with van der Waals surface area (Å²) in [5.74, 6) is -6.49. The molecule has 0 N–H and O–H groups in total. The molecule has 0 amide bonds. The third-order valence-electron chi connectivity index (χ3n) is 2.34. The van der Waals surface area contributed by atoms with Crippen LogP contribution in [0.25, 0.3) is 0 Å². The van der Waals surface area contributed by atoms with Crippen LogP contribution in [-0.4, -0.2) is 25.2 Å². The Balaban J connectivity index is 3.37. The summed E-state index contributed by atoms with van der Waals surface area (Å²) in [6.07, 6.45) is -11.4. The summed E-state index contributed by atoms with van der Waals surface area (Å²) in [5.41, 5.74) is -0.751. The Labute approximate surface area is 123 Å². The van der Waals surface area contributed by atoms with Crippen molar-refractivity contribution in [2.24, 2.45) is 5.92 Å². The molecule has 0 saturated carbocycles. The van der Waals surface area contributed by atoms with Crippen LogP contribution < -0.4 is 4.74 Å². The van der Waals surface area contributed by atoms with Crippen LogP contribution >= 0.6 is 22.6 Å². The Bertz CT molecular complexity index is 495. The van der Waals surface area contributed by atoms with Crippen molar-refractivity contribution in [3.8, 4) is 5.75 Å². The van der Waals surface area contributed by atoms with Gasteiger partial charge in [0.25, 0.3) is 0 Å². The average molecular weight is 412 g/mol. The molecule has 1 aromatic carbocycles. The predicted molar refractivity (Wildman–Crippen MR) is 65.6 cm³/mol. The van der Waals surface area contributed by atoms with E-state index in [1.807, 2.05) is 0 Å². The molecule has 1 aromatic rings. The van der Waals surface area contributed by atoms with E-state index in [2.05, 4.69) is 4.74 Å². The lowest BCUT2D eigenvalue weighted by atomic mass is 9.96. The number of benzene rings is 1. The second kappa shape index (κ2) is 5.78. The summed E-state index contributed by atoms with van der Waals surface area (Å²) in [7, 11) is 1.05. The zero-order valence-electron chi connectivity index (χ0n) is 9.77. The van der Waals surface area contributed by atoms with E-state index in [4.69, 9.17) is 0 Å². The van der Waals surface area contributed by atoms with Gasteiger partial charge in [-0.1, -0.05) is 0 Å². The minimum atomic E-state index is -5.72. The highest BCUT2D eigenvalue weighted by molar-refractivity contribution is 14.1. The number of rotatable bonds is 3. The van der Waals surface area contributed by atoms with E-state index in [0.717, 1.165) is 19.2 Å². The Morgan fingerprint density at radius 3 is 2.05 bits per heavy atom. The number of halogens is 7. The van der Waals surface area contributed by atoms with Crippen LogP contribution in [0.3, 0.4) is 0 Å². The van der Waals surface area contributed by atoms with E-state index < -0.39 is 29.6 Å². The molecular formula is C11H7F6IO2. The Kier molecular flexibility index (Phi) is 4.93. The van der Waals surface area contributed by atoms with E-state index >= 15 is 0 Å². The zero-order chi connectivity index (χ0) is 15.7. The molecule has 112 valence electrons. The number of carbonyl (C=O) groups is 1. The summed E-state index contributed by atoms with van der Waals surface area (Å²) in [6.45, 7) is 0. The summed E-state index contributed by atoms with van der Waals surface area (Å²) >= 11 is 1.67. The van der Waals surface area contributed by atoms with Crippen molar-refractivity contribution < 1.29 is 35.9 Å². The van der Waals surface area contributed by atoms with Gasteiger partial charge in [0.1, 0.15) is 5.75 Å². The molecule has 0 spiro atoms. The van der Waals surface area contributed by atoms with Gasteiger partial charge in [-0.25, -0.2) is 0 Å². The van der Waals surface area contributed by atoms with Crippen LogP contribution in [0.4, 0.5) is 26.3 Å². The van der Waals surface area contributed by atoms with Gasteiger partial charge in [0.2, 0.25) is 5.92 Å². The molecule has 0 heterocycles. The summed E-state index contributed by atoms with van der Waals surface area (Å²) in [4.78, 5) is 11.6. The Morgan fingerprint density at radius 1 is 1.15 bits per heavy atom. The van der Waals surface area contributed by atoms with Gasteiger partial charge in [-0.3, -0.25) is 4.79 Å². The third kappa shape index (κ3) is 3.76. The van der Waals surface area contributed by atoms with Crippen LogP contribution in [0, 0.1) is 9.49 Å². The predicted octanol–water partition coefficient (Wildman–Crippen LogP) is 4.22. The van der Waals surface area contributed by atoms with Crippen LogP contribution in [0.15, 0.2) is 18.2 Å². The van der Waals surface area contributed by atoms with Gasteiger partial charge in [0, 0.05) is 3.57 Å². The highest BCUT2D eigenvalue weighted by atomic mass is 127. The Morgan fingerprint density at radius 2 is 1.65 bits per heavy atom. The molecule has 0 saturated heterocycles. The summed E-state index contributed by atoms with van der Waals surface area (Å²) in [5, 5.41) is 0. The van der Waals surface area contributed by atoms with E-state index in [1.165, 1.54) is 6.07 Å². The van der Waals surface area contributed by atoms with Gasteiger partial charge >= 0.3 is 12.4 Å². The van der Waals surface area contributed by atoms with Crippen LogP contribution in [0.2, 0.25) is 0 Å². The summed E-state index contributed by atoms with van der Waals surface area (Å²) < 4.78 is 80.0. The van der Waals surface area contributed by atoms with Crippen molar-refractivity contribution in [2.75, 3.05) is 7.11 Å². The molecule has 20 heavy (non-hydrogen) atoms. The first-order chi connectivity index (χ1) is 8.98. The number of ether oxygens (including phenoxy) is 1. The van der Waals surface area contributed by atoms with Gasteiger partial charge in [-0.15, -0.1) is 0 Å². The van der Waals surface area contributed by atoms with Gasteiger partial charge in [-0.05, 0) is 40.8 Å². The van der Waals surface area contributed by atoms with Crippen molar-refractivity contribution in [3.05, 3.63) is 27.3 Å². The maximum absolute atomic E-state index is 12.5. The lowest BCUT2D eigenvalue weighted by molar-refractivity contribution is -0.264. The number of hydrogen-bond acceptors (Lipinski definition) is 2. The standard InChI is InChI=1S/C11H7F6IO2/c1-20-7-3-2-5(18)4-6(7)8(19)9(10(12,13)14)11(15,16)17/h2-4,9H,1H3. The fourth-order valence-corrected chi connectivity index (χ4v) is 2.00. The number of alkyl halides is 6. The monoisotopic (exact) mass is 412 g/mol. The lowest BCUT2D eigenvalue weighted by Gasteiger charge is -2.22. The number of Topliss-reactive ketones (excluding diaryl/α,β-unsaturated/α-hetero) is 1. The topological polar surface area (TPSA) is 26.3 Å². The van der Waals surface area contributed by atoms with Crippen LogP contribution in [-0.2, 0) is 0 Å². The van der Waals surface area contributed by atoms with Crippen LogP contribution in [0.1, 0.15) is 10.4 Å². The van der Waals surface area contributed by atoms with Gasteiger partial charge < -0.3 is 4.74 Å². The van der Waals surface area contributed by atoms with E-state index in [-0.39, 0.29) is 5.75 Å². The Hall–Kier alpha value is -1.00. The number of carbonyl (C=O) groups excluding carboxylic acids is 1. The first-order valence-electron chi connectivity index (χ1n) is 4.99. The second-order valence-corrected chi connectivity index (χ2v) is 4.97. The quantitative estimate of drug-likeness (QED) is 0.422. The maximum atomic E-state index is 12.5. The summed E-state index contributed by atoms with van der Waals surface area (Å²) in [6, 6.07) is 3.46. The fraction of sp³-hybridized carbons (Fsp3) is 0.364. The molecule has 0 bridgehead atoms. The largest absolute Gasteiger partial charge is 0.496 e. The molecule has 0 fully saturated rings. The van der Waals surface area contributed by atoms with Crippen molar-refractivity contribution >= 4 is 28.4 Å². The molecule has 1 rings (SSSR count). The molecule has 0 aliphatic heterocycles. The molecule has 0 aliphatic carbocycles. The normalized spacial score (nSPS) is 12.7. The zero-order valence-corrected chi connectivity index (χ0v) is 11.9. The number of methoxy groups -OCH3 is 1. The van der Waals surface area contributed by atoms with Crippen molar-refractivity contribution in [1.82, 2.24) is 0 Å². The molecule has 2 nitrogen and oxygen atoms in total. The molecule has 0 aromatic heterocycles. The van der Waals surface area contributed by atoms with Gasteiger partial charge in [0.05, 0.1) is 12.7 Å². The van der Waals surface area contributed by atoms with E-state index in [9.17, 15) is 31.1 Å². The minimum Gasteiger partial charge on any atom is -0.496 e. The highest BCUT2D eigenvalue weighted by Gasteiger charge is 2.61. The SMILES string of the molecule is COc1ccc(I)cc1C(=O)C(C(F)(F)F)C(F)(F)F. The highest BCUT2D eigenvalue weighted by Crippen LogP contribution is 2.42. The first-order valence-corrected chi connectivity index (χ1v) is 6.07. The van der Waals surface area contributed by atoms with Crippen molar-refractivity contribution in [3.63, 3.8) is 0 Å². The van der Waals surface area contributed by atoms with E-state index in [1.54, 1.807) is 22.6 Å². The van der Waals surface area contributed by atoms with E-state index in [0.29, 0.717) is 3.57 Å². The van der Waals surface area contributed by atoms with Crippen molar-refractivity contribution in [2.45, 2.75) is 12.4 Å². The molecule has 0 radical (unpaired) electrons. The minimum absolute atomic E-state index is 0.315. The first kappa shape index (κ1) is 17.1.